The van der Waals surface area contributed by atoms with Crippen LogP contribution in [0.15, 0.2) is 152 Å². The van der Waals surface area contributed by atoms with Crippen molar-refractivity contribution in [2.75, 3.05) is 0 Å². The van der Waals surface area contributed by atoms with Gasteiger partial charge in [0, 0.05) is 38.7 Å². The summed E-state index contributed by atoms with van der Waals surface area (Å²) in [4.78, 5) is 7.48. The molecule has 0 saturated carbocycles. The van der Waals surface area contributed by atoms with Gasteiger partial charge in [0.1, 0.15) is 0 Å². The largest absolute Gasteiger partial charge is 0.310 e. The summed E-state index contributed by atoms with van der Waals surface area (Å²) in [6.07, 6.45) is 0. The zero-order chi connectivity index (χ0) is 33.8. The molecule has 0 bridgehead atoms. The van der Waals surface area contributed by atoms with Crippen LogP contribution < -0.4 is 0 Å². The van der Waals surface area contributed by atoms with Gasteiger partial charge in [-0.3, -0.25) is 0 Å². The van der Waals surface area contributed by atoms with Gasteiger partial charge in [-0.25, -0.2) is 9.69 Å². The van der Waals surface area contributed by atoms with E-state index in [1.165, 1.54) is 10.8 Å². The Labute approximate surface area is 288 Å². The molecule has 0 N–H and O–H groups in total. The minimum atomic E-state index is 0.515. The van der Waals surface area contributed by atoms with Gasteiger partial charge in [-0.1, -0.05) is 97.1 Å². The smallest absolute Gasteiger partial charge is 0.189 e. The van der Waals surface area contributed by atoms with Crippen LogP contribution >= 0.6 is 0 Å². The minimum Gasteiger partial charge on any atom is -0.310 e. The van der Waals surface area contributed by atoms with Crippen LogP contribution in [0.3, 0.4) is 0 Å². The first-order chi connectivity index (χ1) is 24.7. The van der Waals surface area contributed by atoms with Crippen molar-refractivity contribution in [2.24, 2.45) is 0 Å². The van der Waals surface area contributed by atoms with Crippen LogP contribution in [0.2, 0.25) is 0 Å². The molecule has 0 amide bonds. The fourth-order valence-corrected chi connectivity index (χ4v) is 7.45. The molecule has 0 spiro atoms. The number of nitrogens with zero attached hydrogens (tertiary/aromatic N) is 5. The molecule has 5 heteroatoms. The second-order valence-corrected chi connectivity index (χ2v) is 12.2. The predicted molar refractivity (Wildman–Crippen MR) is 203 cm³/mol. The Balaban J connectivity index is 1.27. The molecule has 0 atom stereocenters. The standard InChI is InChI=1S/C45H25N5/c1-47-31-21-25-43-39(26-31)36-13-5-8-17-42(36)50(43)44-27-32(48-2)20-24-37(44)38-14-9-10-30(28-46)45(38)29-18-22-33(23-19-29)49-40-15-6-3-11-34(40)35-12-4-7-16-41(35)49/h3-27H. The molecular weight excluding hydrogens is 611 g/mol. The highest BCUT2D eigenvalue weighted by molar-refractivity contribution is 6.11. The molecule has 9 rings (SSSR count). The van der Waals surface area contributed by atoms with E-state index < -0.39 is 0 Å². The Kier molecular flexibility index (Phi) is 6.56. The maximum absolute atomic E-state index is 10.4. The van der Waals surface area contributed by atoms with Crippen LogP contribution in [-0.4, -0.2) is 9.13 Å². The zero-order valence-corrected chi connectivity index (χ0v) is 26.7. The van der Waals surface area contributed by atoms with E-state index in [1.54, 1.807) is 0 Å². The molecule has 0 fully saturated rings. The average molecular weight is 636 g/mol. The van der Waals surface area contributed by atoms with Crippen LogP contribution in [0.1, 0.15) is 5.56 Å². The number of benzene rings is 7. The number of fused-ring (bicyclic) bond motifs is 6. The van der Waals surface area contributed by atoms with Crippen molar-refractivity contribution in [3.05, 3.63) is 180 Å². The number of hydrogen-bond donors (Lipinski definition) is 0. The van der Waals surface area contributed by atoms with Crippen molar-refractivity contribution in [3.63, 3.8) is 0 Å². The van der Waals surface area contributed by atoms with Gasteiger partial charge >= 0.3 is 0 Å². The first kappa shape index (κ1) is 28.8. The molecule has 230 valence electrons. The maximum Gasteiger partial charge on any atom is 0.189 e. The second kappa shape index (κ2) is 11.4. The lowest BCUT2D eigenvalue weighted by molar-refractivity contribution is 1.18. The average Bonchev–Trinajstić information content (AvgIpc) is 3.70. The van der Waals surface area contributed by atoms with E-state index in [4.69, 9.17) is 13.1 Å². The summed E-state index contributed by atoms with van der Waals surface area (Å²) in [6, 6.07) is 53.3. The first-order valence-corrected chi connectivity index (χ1v) is 16.2. The van der Waals surface area contributed by atoms with Crippen LogP contribution in [0.25, 0.3) is 86.9 Å². The number of hydrogen-bond acceptors (Lipinski definition) is 1. The monoisotopic (exact) mass is 635 g/mol. The number of para-hydroxylation sites is 3. The molecule has 2 heterocycles. The van der Waals surface area contributed by atoms with Crippen LogP contribution in [0.4, 0.5) is 11.4 Å². The van der Waals surface area contributed by atoms with Gasteiger partial charge in [0.05, 0.1) is 46.8 Å². The van der Waals surface area contributed by atoms with E-state index in [9.17, 15) is 5.26 Å². The van der Waals surface area contributed by atoms with Gasteiger partial charge in [0.15, 0.2) is 11.4 Å². The minimum absolute atomic E-state index is 0.515. The molecule has 0 unspecified atom stereocenters. The summed E-state index contributed by atoms with van der Waals surface area (Å²) in [5.41, 5.74) is 11.3. The quantitative estimate of drug-likeness (QED) is 0.177. The Morgan fingerprint density at radius 1 is 0.480 bits per heavy atom. The Hall–Kier alpha value is -7.39. The van der Waals surface area contributed by atoms with Crippen molar-refractivity contribution < 1.29 is 0 Å². The molecule has 2 aromatic heterocycles. The van der Waals surface area contributed by atoms with Crippen molar-refractivity contribution in [1.82, 2.24) is 9.13 Å². The number of rotatable bonds is 4. The van der Waals surface area contributed by atoms with Crippen molar-refractivity contribution in [3.8, 4) is 39.7 Å². The molecule has 0 aliphatic carbocycles. The van der Waals surface area contributed by atoms with Gasteiger partial charge < -0.3 is 9.13 Å². The van der Waals surface area contributed by atoms with Crippen LogP contribution in [0, 0.1) is 24.5 Å². The fourth-order valence-electron chi connectivity index (χ4n) is 7.45. The Morgan fingerprint density at radius 3 is 1.68 bits per heavy atom. The maximum atomic E-state index is 10.4. The van der Waals surface area contributed by atoms with Crippen LogP contribution in [0.5, 0.6) is 0 Å². The first-order valence-electron chi connectivity index (χ1n) is 16.2. The third kappa shape index (κ3) is 4.31. The number of aromatic nitrogens is 2. The van der Waals surface area contributed by atoms with Gasteiger partial charge in [0.2, 0.25) is 0 Å². The van der Waals surface area contributed by atoms with E-state index in [-0.39, 0.29) is 0 Å². The lowest BCUT2D eigenvalue weighted by Gasteiger charge is -2.19. The van der Waals surface area contributed by atoms with Crippen molar-refractivity contribution >= 4 is 55.0 Å². The van der Waals surface area contributed by atoms with E-state index >= 15 is 0 Å². The molecule has 0 aliphatic rings. The van der Waals surface area contributed by atoms with Gasteiger partial charge in [0.25, 0.3) is 0 Å². The normalized spacial score (nSPS) is 11.1. The third-order valence-corrected chi connectivity index (χ3v) is 9.61. The van der Waals surface area contributed by atoms with E-state index in [0.717, 1.165) is 66.5 Å². The summed E-state index contributed by atoms with van der Waals surface area (Å²) in [5.74, 6) is 0. The summed E-state index contributed by atoms with van der Waals surface area (Å²) in [5, 5.41) is 14.8. The van der Waals surface area contributed by atoms with E-state index in [0.29, 0.717) is 16.9 Å². The Bertz CT molecular complexity index is 2900. The highest BCUT2D eigenvalue weighted by Gasteiger charge is 2.20. The lowest BCUT2D eigenvalue weighted by atomic mass is 9.89. The van der Waals surface area contributed by atoms with Gasteiger partial charge in [-0.15, -0.1) is 0 Å². The molecule has 0 aliphatic heterocycles. The number of nitriles is 1. The predicted octanol–water partition coefficient (Wildman–Crippen LogP) is 12.2. The lowest BCUT2D eigenvalue weighted by Crippen LogP contribution is -1.99. The van der Waals surface area contributed by atoms with Gasteiger partial charge in [-0.2, -0.15) is 5.26 Å². The highest BCUT2D eigenvalue weighted by atomic mass is 15.0. The molecule has 0 radical (unpaired) electrons. The summed E-state index contributed by atoms with van der Waals surface area (Å²) < 4.78 is 4.46. The van der Waals surface area contributed by atoms with Crippen molar-refractivity contribution in [1.29, 1.82) is 5.26 Å². The highest BCUT2D eigenvalue weighted by Crippen LogP contribution is 2.43. The molecule has 5 nitrogen and oxygen atoms in total. The summed E-state index contributed by atoms with van der Waals surface area (Å²) in [7, 11) is 0. The SMILES string of the molecule is [C-]#[N+]c1ccc(-c2cccc(C#N)c2-c2ccc(-n3c4ccccc4c4ccccc43)cc2)c(-n2c3ccccc3c3cc([N+]#[C-])ccc32)c1. The van der Waals surface area contributed by atoms with E-state index in [2.05, 4.69) is 116 Å². The van der Waals surface area contributed by atoms with Crippen LogP contribution in [-0.2, 0) is 0 Å². The molecular formula is C45H25N5. The topological polar surface area (TPSA) is 42.4 Å². The molecule has 7 aromatic carbocycles. The molecule has 9 aromatic rings. The van der Waals surface area contributed by atoms with E-state index in [1.807, 2.05) is 60.7 Å². The molecule has 50 heavy (non-hydrogen) atoms. The zero-order valence-electron chi connectivity index (χ0n) is 26.7. The summed E-state index contributed by atoms with van der Waals surface area (Å²) in [6.45, 7) is 15.5. The second-order valence-electron chi connectivity index (χ2n) is 12.2. The fraction of sp³-hybridized carbons (Fsp3) is 0. The third-order valence-electron chi connectivity index (χ3n) is 9.61. The summed E-state index contributed by atoms with van der Waals surface area (Å²) >= 11 is 0. The molecule has 0 saturated heterocycles. The Morgan fingerprint density at radius 2 is 1.04 bits per heavy atom. The van der Waals surface area contributed by atoms with Gasteiger partial charge in [-0.05, 0) is 71.1 Å². The van der Waals surface area contributed by atoms with Crippen molar-refractivity contribution in [2.45, 2.75) is 0 Å².